The van der Waals surface area contributed by atoms with Crippen LogP contribution >= 0.6 is 15.9 Å². The average Bonchev–Trinajstić information content (AvgIpc) is 2.44. The molecule has 0 aromatic heterocycles. The second-order valence-corrected chi connectivity index (χ2v) is 6.64. The predicted octanol–water partition coefficient (Wildman–Crippen LogP) is 5.54. The van der Waals surface area contributed by atoms with E-state index < -0.39 is 0 Å². The van der Waals surface area contributed by atoms with Gasteiger partial charge in [-0.2, -0.15) is 0 Å². The van der Waals surface area contributed by atoms with Crippen molar-refractivity contribution in [3.05, 3.63) is 33.3 Å². The summed E-state index contributed by atoms with van der Waals surface area (Å²) in [6.45, 7) is 4.24. The number of hydrogen-bond acceptors (Lipinski definition) is 1. The third kappa shape index (κ3) is 6.21. The van der Waals surface area contributed by atoms with Crippen LogP contribution in [0, 0.1) is 6.92 Å². The van der Waals surface area contributed by atoms with Crippen molar-refractivity contribution in [2.45, 2.75) is 71.6 Å². The van der Waals surface area contributed by atoms with Crippen LogP contribution in [0.15, 0.2) is 16.6 Å². The van der Waals surface area contributed by atoms with Gasteiger partial charge in [0.25, 0.3) is 0 Å². The third-order valence-electron chi connectivity index (χ3n) is 4.09. The summed E-state index contributed by atoms with van der Waals surface area (Å²) in [6.07, 6.45) is 11.5. The number of carbonyl (C=O) groups excluding carboxylic acids is 1. The lowest BCUT2D eigenvalue weighted by atomic mass is 9.97. The molecular weight excluding hydrogens is 326 g/mol. The molecule has 0 spiro atoms. The van der Waals surface area contributed by atoms with Crippen molar-refractivity contribution in [2.24, 2.45) is 5.73 Å². The van der Waals surface area contributed by atoms with Crippen LogP contribution in [0.1, 0.15) is 79.8 Å². The van der Waals surface area contributed by atoms with Crippen molar-refractivity contribution in [1.82, 2.24) is 0 Å². The van der Waals surface area contributed by atoms with Crippen LogP contribution in [-0.2, 0) is 6.42 Å². The Morgan fingerprint density at radius 2 is 1.62 bits per heavy atom. The van der Waals surface area contributed by atoms with Gasteiger partial charge < -0.3 is 5.73 Å². The van der Waals surface area contributed by atoms with Gasteiger partial charge in [0.1, 0.15) is 0 Å². The summed E-state index contributed by atoms with van der Waals surface area (Å²) in [6, 6.07) is 3.74. The van der Waals surface area contributed by atoms with Gasteiger partial charge >= 0.3 is 0 Å². The molecule has 3 heteroatoms. The highest BCUT2D eigenvalue weighted by Gasteiger charge is 2.11. The van der Waals surface area contributed by atoms with Crippen LogP contribution in [0.25, 0.3) is 0 Å². The highest BCUT2D eigenvalue weighted by molar-refractivity contribution is 9.10. The molecule has 2 nitrogen and oxygen atoms in total. The van der Waals surface area contributed by atoms with Crippen LogP contribution in [0.4, 0.5) is 0 Å². The quantitative estimate of drug-likeness (QED) is 0.551. The molecule has 0 aliphatic heterocycles. The molecule has 1 rings (SSSR count). The first kappa shape index (κ1) is 18.2. The average molecular weight is 354 g/mol. The first-order chi connectivity index (χ1) is 10.1. The Morgan fingerprint density at radius 1 is 1.05 bits per heavy atom. The summed E-state index contributed by atoms with van der Waals surface area (Å²) in [4.78, 5) is 11.4. The van der Waals surface area contributed by atoms with E-state index in [-0.39, 0.29) is 5.91 Å². The number of amides is 1. The molecule has 0 bridgehead atoms. The van der Waals surface area contributed by atoms with Gasteiger partial charge in [0, 0.05) is 10.0 Å². The highest BCUT2D eigenvalue weighted by atomic mass is 79.9. The topological polar surface area (TPSA) is 43.1 Å². The zero-order valence-corrected chi connectivity index (χ0v) is 15.0. The minimum Gasteiger partial charge on any atom is -0.366 e. The normalized spacial score (nSPS) is 10.8. The predicted molar refractivity (Wildman–Crippen MR) is 93.7 cm³/mol. The molecule has 21 heavy (non-hydrogen) atoms. The van der Waals surface area contributed by atoms with Gasteiger partial charge in [0.2, 0.25) is 5.91 Å². The molecule has 2 N–H and O–H groups in total. The van der Waals surface area contributed by atoms with Crippen LogP contribution in [0.3, 0.4) is 0 Å². The van der Waals surface area contributed by atoms with Crippen LogP contribution in [-0.4, -0.2) is 5.91 Å². The Labute approximate surface area is 137 Å². The fraction of sp³-hybridized carbons (Fsp3) is 0.611. The molecule has 0 aliphatic rings. The van der Waals surface area contributed by atoms with Crippen molar-refractivity contribution >= 4 is 21.8 Å². The van der Waals surface area contributed by atoms with E-state index in [2.05, 4.69) is 22.9 Å². The Kier molecular flexibility index (Phi) is 8.67. The Hall–Kier alpha value is -0.830. The number of benzene rings is 1. The van der Waals surface area contributed by atoms with Gasteiger partial charge in [-0.1, -0.05) is 67.8 Å². The second-order valence-electron chi connectivity index (χ2n) is 5.79. The Morgan fingerprint density at radius 3 is 2.19 bits per heavy atom. The molecule has 0 unspecified atom stereocenters. The van der Waals surface area contributed by atoms with Crippen molar-refractivity contribution in [3.8, 4) is 0 Å². The number of hydrogen-bond donors (Lipinski definition) is 1. The standard InChI is InChI=1S/C18H28BrNO/c1-3-4-5-6-7-8-9-10-11-15-14(2)16(18(20)21)12-13-17(15)19/h12-13H,3-11H2,1-2H3,(H2,20,21). The van der Waals surface area contributed by atoms with E-state index in [1.54, 1.807) is 6.07 Å². The van der Waals surface area contributed by atoms with Crippen molar-refractivity contribution in [2.75, 3.05) is 0 Å². The maximum Gasteiger partial charge on any atom is 0.248 e. The van der Waals surface area contributed by atoms with E-state index in [0.717, 1.165) is 16.5 Å². The maximum atomic E-state index is 11.4. The summed E-state index contributed by atoms with van der Waals surface area (Å²) >= 11 is 3.59. The molecule has 1 amide bonds. The van der Waals surface area contributed by atoms with Crippen LogP contribution < -0.4 is 5.73 Å². The van der Waals surface area contributed by atoms with E-state index in [4.69, 9.17) is 5.73 Å². The van der Waals surface area contributed by atoms with Crippen LogP contribution in [0.2, 0.25) is 0 Å². The lowest BCUT2D eigenvalue weighted by Crippen LogP contribution is -2.14. The molecule has 0 radical (unpaired) electrons. The van der Waals surface area contributed by atoms with Gasteiger partial charge in [0.15, 0.2) is 0 Å². The van der Waals surface area contributed by atoms with Gasteiger partial charge in [-0.25, -0.2) is 0 Å². The van der Waals surface area contributed by atoms with E-state index in [1.165, 1.54) is 56.9 Å². The summed E-state index contributed by atoms with van der Waals surface area (Å²) in [5, 5.41) is 0. The number of primary amides is 1. The molecule has 1 aromatic carbocycles. The lowest BCUT2D eigenvalue weighted by molar-refractivity contribution is 0.0999. The first-order valence-electron chi connectivity index (χ1n) is 8.15. The fourth-order valence-corrected chi connectivity index (χ4v) is 3.36. The molecule has 1 aromatic rings. The molecule has 0 heterocycles. The smallest absolute Gasteiger partial charge is 0.248 e. The Bertz CT molecular complexity index is 457. The number of nitrogens with two attached hydrogens (primary N) is 1. The van der Waals surface area contributed by atoms with Gasteiger partial charge in [-0.05, 0) is 43.0 Å². The minimum absolute atomic E-state index is 0.336. The molecule has 0 saturated heterocycles. The summed E-state index contributed by atoms with van der Waals surface area (Å²) in [5.41, 5.74) is 8.32. The summed E-state index contributed by atoms with van der Waals surface area (Å²) < 4.78 is 1.09. The molecule has 0 atom stereocenters. The monoisotopic (exact) mass is 353 g/mol. The van der Waals surface area contributed by atoms with Crippen molar-refractivity contribution in [1.29, 1.82) is 0 Å². The lowest BCUT2D eigenvalue weighted by Gasteiger charge is -2.11. The highest BCUT2D eigenvalue weighted by Crippen LogP contribution is 2.25. The maximum absolute atomic E-state index is 11.4. The van der Waals surface area contributed by atoms with E-state index in [9.17, 15) is 4.79 Å². The number of carbonyl (C=O) groups is 1. The molecular formula is C18H28BrNO. The molecule has 0 fully saturated rings. The zero-order valence-electron chi connectivity index (χ0n) is 13.4. The van der Waals surface area contributed by atoms with Crippen LogP contribution in [0.5, 0.6) is 0 Å². The fourth-order valence-electron chi connectivity index (χ4n) is 2.73. The molecule has 118 valence electrons. The van der Waals surface area contributed by atoms with E-state index >= 15 is 0 Å². The molecule has 0 aliphatic carbocycles. The second kappa shape index (κ2) is 9.99. The number of halogens is 1. The third-order valence-corrected chi connectivity index (χ3v) is 4.83. The van der Waals surface area contributed by atoms with Gasteiger partial charge in [0.05, 0.1) is 0 Å². The largest absolute Gasteiger partial charge is 0.366 e. The van der Waals surface area contributed by atoms with Gasteiger partial charge in [-0.15, -0.1) is 0 Å². The van der Waals surface area contributed by atoms with E-state index in [0.29, 0.717) is 5.56 Å². The Balaban J connectivity index is 2.38. The number of rotatable bonds is 10. The van der Waals surface area contributed by atoms with Crippen molar-refractivity contribution < 1.29 is 4.79 Å². The summed E-state index contributed by atoms with van der Waals surface area (Å²) in [7, 11) is 0. The SMILES string of the molecule is CCCCCCCCCCc1c(Br)ccc(C(N)=O)c1C. The summed E-state index contributed by atoms with van der Waals surface area (Å²) in [5.74, 6) is -0.336. The first-order valence-corrected chi connectivity index (χ1v) is 8.95. The van der Waals surface area contributed by atoms with Gasteiger partial charge in [-0.3, -0.25) is 4.79 Å². The molecule has 0 saturated carbocycles. The van der Waals surface area contributed by atoms with Crippen molar-refractivity contribution in [3.63, 3.8) is 0 Å². The number of unbranched alkanes of at least 4 members (excludes halogenated alkanes) is 7. The minimum atomic E-state index is -0.336. The van der Waals surface area contributed by atoms with E-state index in [1.807, 2.05) is 13.0 Å². The zero-order chi connectivity index (χ0) is 15.7.